The van der Waals surface area contributed by atoms with E-state index in [1.807, 2.05) is 12.1 Å². The molecule has 5 nitrogen and oxygen atoms in total. The highest BCUT2D eigenvalue weighted by molar-refractivity contribution is 6.32. The number of halogens is 1. The summed E-state index contributed by atoms with van der Waals surface area (Å²) in [7, 11) is 2.07. The molecule has 2 unspecified atom stereocenters. The third-order valence-electron chi connectivity index (χ3n) is 3.80. The van der Waals surface area contributed by atoms with Gasteiger partial charge in [-0.05, 0) is 24.7 Å². The second kappa shape index (κ2) is 5.77. The molecule has 6 heteroatoms. The minimum Gasteiger partial charge on any atom is -0.486 e. The Kier molecular flexibility index (Phi) is 4.03. The molecule has 2 aliphatic heterocycles. The zero-order chi connectivity index (χ0) is 14.1. The monoisotopic (exact) mass is 298 g/mol. The molecule has 1 saturated heterocycles. The summed E-state index contributed by atoms with van der Waals surface area (Å²) >= 11 is 6.31. The van der Waals surface area contributed by atoms with E-state index in [-0.39, 0.29) is 12.1 Å². The largest absolute Gasteiger partial charge is 0.486 e. The van der Waals surface area contributed by atoms with Crippen LogP contribution in [0.15, 0.2) is 12.1 Å². The van der Waals surface area contributed by atoms with Crippen molar-refractivity contribution in [3.8, 4) is 11.5 Å². The van der Waals surface area contributed by atoms with Gasteiger partial charge in [0.05, 0.1) is 23.8 Å². The molecule has 0 bridgehead atoms. The molecule has 2 atom stereocenters. The Morgan fingerprint density at radius 1 is 1.30 bits per heavy atom. The fraction of sp³-hybridized carbons (Fsp3) is 0.571. The van der Waals surface area contributed by atoms with E-state index in [1.165, 1.54) is 0 Å². The van der Waals surface area contributed by atoms with E-state index in [1.54, 1.807) is 0 Å². The topological polar surface area (TPSA) is 57.0 Å². The Bertz CT molecular complexity index is 498. The molecule has 0 aromatic heterocycles. The molecule has 2 N–H and O–H groups in total. The fourth-order valence-electron chi connectivity index (χ4n) is 2.83. The Hall–Kier alpha value is -1.01. The first-order valence-electron chi connectivity index (χ1n) is 6.81. The minimum absolute atomic E-state index is 0.0348. The molecule has 0 radical (unpaired) electrons. The van der Waals surface area contributed by atoms with E-state index in [0.29, 0.717) is 42.9 Å². The van der Waals surface area contributed by atoms with E-state index in [4.69, 9.17) is 31.5 Å². The number of nitrogens with two attached hydrogens (primary N) is 1. The smallest absolute Gasteiger partial charge is 0.179 e. The summed E-state index contributed by atoms with van der Waals surface area (Å²) in [6.45, 7) is 3.12. The molecule has 3 rings (SSSR count). The third-order valence-corrected chi connectivity index (χ3v) is 4.08. The van der Waals surface area contributed by atoms with Crippen LogP contribution in [0.1, 0.15) is 11.6 Å². The summed E-state index contributed by atoms with van der Waals surface area (Å²) in [6, 6.07) is 3.99. The van der Waals surface area contributed by atoms with Crippen molar-refractivity contribution in [2.75, 3.05) is 40.0 Å². The molecule has 2 aliphatic rings. The van der Waals surface area contributed by atoms with Crippen LogP contribution in [-0.4, -0.2) is 51.0 Å². The van der Waals surface area contributed by atoms with Crippen molar-refractivity contribution in [3.05, 3.63) is 22.7 Å². The SMILES string of the molecule is CN1CCOC(CN)C1c1cc(Cl)c2c(c1)OCCO2. The van der Waals surface area contributed by atoms with E-state index in [9.17, 15) is 0 Å². The van der Waals surface area contributed by atoms with Crippen LogP contribution in [0, 0.1) is 0 Å². The standard InChI is InChI=1S/C14H19ClN2O3/c1-17-2-3-18-12(8-16)13(17)9-6-10(15)14-11(7-9)19-4-5-20-14/h6-7,12-13H,2-5,8,16H2,1H3. The van der Waals surface area contributed by atoms with Gasteiger partial charge in [0.1, 0.15) is 13.2 Å². The molecule has 2 heterocycles. The van der Waals surface area contributed by atoms with Crippen molar-refractivity contribution in [3.63, 3.8) is 0 Å². The number of likely N-dealkylation sites (N-methyl/N-ethyl adjacent to an activating group) is 1. The Morgan fingerprint density at radius 2 is 2.10 bits per heavy atom. The highest BCUT2D eigenvalue weighted by Crippen LogP contribution is 2.41. The highest BCUT2D eigenvalue weighted by atomic mass is 35.5. The number of rotatable bonds is 2. The van der Waals surface area contributed by atoms with Gasteiger partial charge >= 0.3 is 0 Å². The molecule has 0 saturated carbocycles. The van der Waals surface area contributed by atoms with Gasteiger partial charge in [-0.1, -0.05) is 11.6 Å². The molecular formula is C14H19ClN2O3. The summed E-state index contributed by atoms with van der Waals surface area (Å²) < 4.78 is 17.0. The molecule has 20 heavy (non-hydrogen) atoms. The van der Waals surface area contributed by atoms with Crippen molar-refractivity contribution in [1.29, 1.82) is 0 Å². The van der Waals surface area contributed by atoms with Crippen molar-refractivity contribution < 1.29 is 14.2 Å². The molecule has 1 aromatic carbocycles. The first-order chi connectivity index (χ1) is 9.70. The first-order valence-corrected chi connectivity index (χ1v) is 7.19. The number of ether oxygens (including phenoxy) is 3. The van der Waals surface area contributed by atoms with Gasteiger partial charge in [0.2, 0.25) is 0 Å². The lowest BCUT2D eigenvalue weighted by molar-refractivity contribution is -0.0577. The maximum absolute atomic E-state index is 6.31. The number of fused-ring (bicyclic) bond motifs is 1. The van der Waals surface area contributed by atoms with Crippen LogP contribution in [0.25, 0.3) is 0 Å². The quantitative estimate of drug-likeness (QED) is 0.895. The van der Waals surface area contributed by atoms with Crippen LogP contribution < -0.4 is 15.2 Å². The van der Waals surface area contributed by atoms with E-state index < -0.39 is 0 Å². The van der Waals surface area contributed by atoms with E-state index in [0.717, 1.165) is 12.1 Å². The van der Waals surface area contributed by atoms with Crippen molar-refractivity contribution in [1.82, 2.24) is 4.90 Å². The van der Waals surface area contributed by atoms with Gasteiger partial charge in [-0.25, -0.2) is 0 Å². The zero-order valence-corrected chi connectivity index (χ0v) is 12.2. The van der Waals surface area contributed by atoms with Gasteiger partial charge in [-0.15, -0.1) is 0 Å². The summed E-state index contributed by atoms with van der Waals surface area (Å²) in [5.41, 5.74) is 6.88. The molecule has 110 valence electrons. The van der Waals surface area contributed by atoms with Gasteiger partial charge in [0, 0.05) is 13.1 Å². The van der Waals surface area contributed by atoms with Gasteiger partial charge in [-0.2, -0.15) is 0 Å². The lowest BCUT2D eigenvalue weighted by Gasteiger charge is -2.39. The van der Waals surface area contributed by atoms with Crippen LogP contribution in [0.2, 0.25) is 5.02 Å². The number of hydrogen-bond acceptors (Lipinski definition) is 5. The molecule has 1 aromatic rings. The van der Waals surface area contributed by atoms with Gasteiger partial charge in [0.15, 0.2) is 11.5 Å². The molecule has 0 aliphatic carbocycles. The fourth-order valence-corrected chi connectivity index (χ4v) is 3.10. The summed E-state index contributed by atoms with van der Waals surface area (Å²) in [6.07, 6.45) is -0.0348. The van der Waals surface area contributed by atoms with Crippen LogP contribution in [0.5, 0.6) is 11.5 Å². The Balaban J connectivity index is 1.98. The summed E-state index contributed by atoms with van der Waals surface area (Å²) in [4.78, 5) is 2.24. The van der Waals surface area contributed by atoms with E-state index >= 15 is 0 Å². The number of hydrogen-bond donors (Lipinski definition) is 1. The van der Waals surface area contributed by atoms with Gasteiger partial charge in [0.25, 0.3) is 0 Å². The van der Waals surface area contributed by atoms with Crippen molar-refractivity contribution in [2.24, 2.45) is 5.73 Å². The Morgan fingerprint density at radius 3 is 2.90 bits per heavy atom. The maximum Gasteiger partial charge on any atom is 0.179 e. The zero-order valence-electron chi connectivity index (χ0n) is 11.5. The number of morpholine rings is 1. The molecular weight excluding hydrogens is 280 g/mol. The molecule has 1 fully saturated rings. The van der Waals surface area contributed by atoms with Crippen molar-refractivity contribution >= 4 is 11.6 Å². The summed E-state index contributed by atoms with van der Waals surface area (Å²) in [5, 5.41) is 0.576. The highest BCUT2D eigenvalue weighted by Gasteiger charge is 2.32. The predicted octanol–water partition coefficient (Wildman–Crippen LogP) is 1.44. The second-order valence-electron chi connectivity index (χ2n) is 5.10. The number of nitrogens with zero attached hydrogens (tertiary/aromatic N) is 1. The predicted molar refractivity (Wildman–Crippen MR) is 76.6 cm³/mol. The first kappa shape index (κ1) is 13.9. The third kappa shape index (κ3) is 2.46. The minimum atomic E-state index is -0.0348. The molecule has 0 spiro atoms. The normalized spacial score (nSPS) is 26.6. The Labute approximate surface area is 123 Å². The van der Waals surface area contributed by atoms with Crippen LogP contribution in [0.4, 0.5) is 0 Å². The van der Waals surface area contributed by atoms with Crippen LogP contribution in [-0.2, 0) is 4.74 Å². The van der Waals surface area contributed by atoms with Gasteiger partial charge < -0.3 is 19.9 Å². The van der Waals surface area contributed by atoms with Crippen LogP contribution >= 0.6 is 11.6 Å². The lowest BCUT2D eigenvalue weighted by Crippen LogP contribution is -2.46. The average molecular weight is 299 g/mol. The molecule has 0 amide bonds. The van der Waals surface area contributed by atoms with Gasteiger partial charge in [-0.3, -0.25) is 4.90 Å². The van der Waals surface area contributed by atoms with Crippen LogP contribution in [0.3, 0.4) is 0 Å². The van der Waals surface area contributed by atoms with E-state index in [2.05, 4.69) is 11.9 Å². The second-order valence-corrected chi connectivity index (χ2v) is 5.50. The average Bonchev–Trinajstić information content (AvgIpc) is 2.46. The maximum atomic E-state index is 6.31. The van der Waals surface area contributed by atoms with Crippen molar-refractivity contribution in [2.45, 2.75) is 12.1 Å². The number of benzene rings is 1. The summed E-state index contributed by atoms with van der Waals surface area (Å²) in [5.74, 6) is 1.33. The lowest BCUT2D eigenvalue weighted by atomic mass is 9.98.